The summed E-state index contributed by atoms with van der Waals surface area (Å²) in [5, 5.41) is 11.0. The topological polar surface area (TPSA) is 80.0 Å². The first-order chi connectivity index (χ1) is 10.9. The van der Waals surface area contributed by atoms with Gasteiger partial charge in [-0.05, 0) is 19.1 Å². The Labute approximate surface area is 140 Å². The Morgan fingerprint density at radius 1 is 1.52 bits per heavy atom. The van der Waals surface area contributed by atoms with Crippen molar-refractivity contribution in [3.05, 3.63) is 50.7 Å². The van der Waals surface area contributed by atoms with Crippen LogP contribution >= 0.6 is 22.9 Å². The van der Waals surface area contributed by atoms with Gasteiger partial charge in [-0.2, -0.15) is 5.26 Å². The van der Waals surface area contributed by atoms with E-state index in [9.17, 15) is 14.0 Å². The molecule has 2 rings (SSSR count). The van der Waals surface area contributed by atoms with E-state index in [0.29, 0.717) is 10.7 Å². The summed E-state index contributed by atoms with van der Waals surface area (Å²) in [5.74, 6) is -3.67. The van der Waals surface area contributed by atoms with Crippen LogP contribution in [0.25, 0.3) is 0 Å². The van der Waals surface area contributed by atoms with Gasteiger partial charge in [0.2, 0.25) is 0 Å². The summed E-state index contributed by atoms with van der Waals surface area (Å²) in [4.78, 5) is 27.9. The highest BCUT2D eigenvalue weighted by Gasteiger charge is 2.25. The number of hydrogen-bond donors (Lipinski definition) is 0. The van der Waals surface area contributed by atoms with E-state index >= 15 is 0 Å². The fourth-order valence-electron chi connectivity index (χ4n) is 1.75. The highest BCUT2D eigenvalue weighted by atomic mass is 35.5. The molecule has 0 unspecified atom stereocenters. The minimum absolute atomic E-state index is 0.116. The molecule has 1 atom stereocenters. The lowest BCUT2D eigenvalue weighted by Gasteiger charge is -2.08. The molecule has 0 radical (unpaired) electrons. The summed E-state index contributed by atoms with van der Waals surface area (Å²) in [5.41, 5.74) is 0.244. The highest BCUT2D eigenvalue weighted by Crippen LogP contribution is 2.22. The third kappa shape index (κ3) is 3.92. The van der Waals surface area contributed by atoms with Gasteiger partial charge >= 0.3 is 5.97 Å². The summed E-state index contributed by atoms with van der Waals surface area (Å²) in [6.45, 7) is 1.07. The Balaban J connectivity index is 2.06. The predicted octanol–water partition coefficient (Wildman–Crippen LogP) is 3.28. The molecule has 0 saturated carbocycles. The maximum atomic E-state index is 13.6. The number of carbonyl (C=O) groups is 2. The minimum atomic E-state index is -1.13. The first-order valence-corrected chi connectivity index (χ1v) is 7.65. The average Bonchev–Trinajstić information content (AvgIpc) is 2.92. The number of ketones is 1. The monoisotopic (exact) mass is 352 g/mol. The number of aryl methyl sites for hydroxylation is 1. The summed E-state index contributed by atoms with van der Waals surface area (Å²) >= 11 is 6.91. The number of aromatic nitrogens is 1. The van der Waals surface area contributed by atoms with Crippen molar-refractivity contribution in [3.63, 3.8) is 0 Å². The minimum Gasteiger partial charge on any atom is -0.454 e. The van der Waals surface area contributed by atoms with Gasteiger partial charge in [0.1, 0.15) is 16.4 Å². The Hall–Kier alpha value is -2.30. The second-order valence-electron chi connectivity index (χ2n) is 4.53. The van der Waals surface area contributed by atoms with Gasteiger partial charge < -0.3 is 4.74 Å². The molecule has 8 heteroatoms. The molecule has 0 fully saturated rings. The number of thiazole rings is 1. The van der Waals surface area contributed by atoms with Gasteiger partial charge in [0.05, 0.1) is 11.1 Å². The summed E-state index contributed by atoms with van der Waals surface area (Å²) in [7, 11) is 0. The summed E-state index contributed by atoms with van der Waals surface area (Å²) in [6, 6.07) is 5.56. The quantitative estimate of drug-likeness (QED) is 0.771. The molecule has 0 aliphatic heterocycles. The molecular formula is C15H10ClFN2O3S. The van der Waals surface area contributed by atoms with Crippen molar-refractivity contribution in [3.8, 4) is 6.07 Å². The lowest BCUT2D eigenvalue weighted by atomic mass is 10.1. The van der Waals surface area contributed by atoms with Crippen LogP contribution in [-0.4, -0.2) is 23.3 Å². The van der Waals surface area contributed by atoms with Crippen molar-refractivity contribution in [2.75, 3.05) is 6.61 Å². The number of esters is 1. The van der Waals surface area contributed by atoms with E-state index in [1.807, 2.05) is 6.07 Å². The second-order valence-corrected chi connectivity index (χ2v) is 5.83. The fraction of sp³-hybridized carbons (Fsp3) is 0.200. The first kappa shape index (κ1) is 17.1. The van der Waals surface area contributed by atoms with Crippen molar-refractivity contribution in [1.82, 2.24) is 4.98 Å². The molecule has 0 bridgehead atoms. The standard InChI is InChI=1S/C15H10ClFN2O3S/c1-8-7-23-14(19-8)9(5-18)12(20)6-22-15(21)13-10(16)3-2-4-11(13)17/h2-4,7,9H,6H2,1H3/t9-/m1/s1. The molecule has 1 heterocycles. The van der Waals surface area contributed by atoms with Gasteiger partial charge in [-0.3, -0.25) is 4.79 Å². The van der Waals surface area contributed by atoms with Crippen LogP contribution in [0.1, 0.15) is 27.0 Å². The number of benzene rings is 1. The lowest BCUT2D eigenvalue weighted by Crippen LogP contribution is -2.20. The van der Waals surface area contributed by atoms with Crippen molar-refractivity contribution < 1.29 is 18.7 Å². The number of ether oxygens (including phenoxy) is 1. The molecule has 1 aromatic carbocycles. The zero-order chi connectivity index (χ0) is 17.0. The molecule has 2 aromatic rings. The molecule has 0 saturated heterocycles. The van der Waals surface area contributed by atoms with Crippen molar-refractivity contribution in [1.29, 1.82) is 5.26 Å². The van der Waals surface area contributed by atoms with E-state index in [0.717, 1.165) is 6.07 Å². The van der Waals surface area contributed by atoms with E-state index in [2.05, 4.69) is 4.98 Å². The Morgan fingerprint density at radius 3 is 2.83 bits per heavy atom. The molecule has 0 amide bonds. The van der Waals surface area contributed by atoms with E-state index in [-0.39, 0.29) is 5.02 Å². The number of hydrogen-bond acceptors (Lipinski definition) is 6. The Kier molecular flexibility index (Phi) is 5.42. The van der Waals surface area contributed by atoms with E-state index < -0.39 is 35.7 Å². The van der Waals surface area contributed by atoms with Crippen molar-refractivity contribution in [2.45, 2.75) is 12.8 Å². The Morgan fingerprint density at radius 2 is 2.26 bits per heavy atom. The highest BCUT2D eigenvalue weighted by molar-refractivity contribution is 7.09. The van der Waals surface area contributed by atoms with Crippen LogP contribution in [0.2, 0.25) is 5.02 Å². The molecule has 118 valence electrons. The van der Waals surface area contributed by atoms with Gasteiger partial charge in [0.25, 0.3) is 0 Å². The van der Waals surface area contributed by atoms with Crippen LogP contribution in [0.15, 0.2) is 23.6 Å². The van der Waals surface area contributed by atoms with E-state index in [1.54, 1.807) is 12.3 Å². The smallest absolute Gasteiger partial charge is 0.343 e. The maximum absolute atomic E-state index is 13.6. The Bertz CT molecular complexity index is 780. The molecule has 5 nitrogen and oxygen atoms in total. The largest absolute Gasteiger partial charge is 0.454 e. The van der Waals surface area contributed by atoms with E-state index in [1.165, 1.54) is 23.5 Å². The van der Waals surface area contributed by atoms with Gasteiger partial charge in [0, 0.05) is 11.1 Å². The lowest BCUT2D eigenvalue weighted by molar-refractivity contribution is -0.122. The molecule has 0 N–H and O–H groups in total. The van der Waals surface area contributed by atoms with Crippen LogP contribution in [0.5, 0.6) is 0 Å². The number of nitriles is 1. The average molecular weight is 353 g/mol. The van der Waals surface area contributed by atoms with E-state index in [4.69, 9.17) is 21.6 Å². The SMILES string of the molecule is Cc1csc([C@H](C#N)C(=O)COC(=O)c2c(F)cccc2Cl)n1. The van der Waals surface area contributed by atoms with Crippen molar-refractivity contribution in [2.24, 2.45) is 0 Å². The molecule has 0 aliphatic carbocycles. The molecule has 23 heavy (non-hydrogen) atoms. The number of halogens is 2. The number of carbonyl (C=O) groups excluding carboxylic acids is 2. The predicted molar refractivity (Wildman–Crippen MR) is 81.9 cm³/mol. The van der Waals surface area contributed by atoms with Crippen LogP contribution < -0.4 is 0 Å². The third-order valence-electron chi connectivity index (χ3n) is 2.85. The molecular weight excluding hydrogens is 343 g/mol. The summed E-state index contributed by atoms with van der Waals surface area (Å²) in [6.07, 6.45) is 0. The second kappa shape index (κ2) is 7.31. The third-order valence-corrected chi connectivity index (χ3v) is 4.19. The van der Waals surface area contributed by atoms with Gasteiger partial charge in [-0.15, -0.1) is 11.3 Å². The first-order valence-electron chi connectivity index (χ1n) is 6.39. The zero-order valence-corrected chi connectivity index (χ0v) is 13.4. The summed E-state index contributed by atoms with van der Waals surface area (Å²) < 4.78 is 18.4. The normalized spacial score (nSPS) is 11.6. The van der Waals surface area contributed by atoms with Crippen LogP contribution in [0.4, 0.5) is 4.39 Å². The number of Topliss-reactive ketones (excluding diaryl/α,β-unsaturated/α-hetero) is 1. The van der Waals surface area contributed by atoms with Gasteiger partial charge in [-0.1, -0.05) is 17.7 Å². The zero-order valence-electron chi connectivity index (χ0n) is 11.9. The van der Waals surface area contributed by atoms with Crippen LogP contribution in [0, 0.1) is 24.1 Å². The van der Waals surface area contributed by atoms with Crippen molar-refractivity contribution >= 4 is 34.7 Å². The number of nitrogens with zero attached hydrogens (tertiary/aromatic N) is 2. The molecule has 0 spiro atoms. The fourth-order valence-corrected chi connectivity index (χ4v) is 2.86. The molecule has 1 aromatic heterocycles. The van der Waals surface area contributed by atoms with Crippen LogP contribution in [-0.2, 0) is 9.53 Å². The van der Waals surface area contributed by atoms with Gasteiger partial charge in [0.15, 0.2) is 18.3 Å². The number of rotatable bonds is 5. The van der Waals surface area contributed by atoms with Gasteiger partial charge in [-0.25, -0.2) is 14.2 Å². The van der Waals surface area contributed by atoms with Crippen LogP contribution in [0.3, 0.4) is 0 Å². The molecule has 0 aliphatic rings. The maximum Gasteiger partial charge on any atom is 0.343 e.